The molecular weight excluding hydrogens is 333 g/mol. The third-order valence-corrected chi connectivity index (χ3v) is 4.24. The molecule has 1 aromatic heterocycles. The van der Waals surface area contributed by atoms with Crippen LogP contribution in [0, 0.1) is 5.41 Å². The summed E-state index contributed by atoms with van der Waals surface area (Å²) in [6, 6.07) is 7.41. The lowest BCUT2D eigenvalue weighted by Gasteiger charge is -2.32. The minimum Gasteiger partial charge on any atom is -0.398 e. The molecule has 3 rings (SSSR count). The van der Waals surface area contributed by atoms with E-state index < -0.39 is 5.92 Å². The van der Waals surface area contributed by atoms with Gasteiger partial charge >= 0.3 is 0 Å². The summed E-state index contributed by atoms with van der Waals surface area (Å²) in [5.41, 5.74) is 7.07. The van der Waals surface area contributed by atoms with Crippen molar-refractivity contribution >= 4 is 17.2 Å². The van der Waals surface area contributed by atoms with E-state index in [9.17, 15) is 13.3 Å². The Morgan fingerprint density at radius 3 is 2.60 bits per heavy atom. The van der Waals surface area contributed by atoms with Crippen molar-refractivity contribution in [3.8, 4) is 5.75 Å². The van der Waals surface area contributed by atoms with Crippen LogP contribution < -0.4 is 15.6 Å². The smallest absolute Gasteiger partial charge is 0.251 e. The van der Waals surface area contributed by atoms with Crippen LogP contribution in [0.2, 0.25) is 0 Å². The first-order chi connectivity index (χ1) is 11.9. The molecule has 0 radical (unpaired) electrons. The maximum absolute atomic E-state index is 13.3. The molecule has 0 unspecified atom stereocenters. The first-order valence-corrected chi connectivity index (χ1v) is 7.76. The van der Waals surface area contributed by atoms with E-state index >= 15 is 0 Å². The number of anilines is 2. The zero-order chi connectivity index (χ0) is 18.0. The molecule has 1 fully saturated rings. The van der Waals surface area contributed by atoms with E-state index in [2.05, 4.69) is 9.93 Å². The van der Waals surface area contributed by atoms with E-state index in [0.717, 1.165) is 0 Å². The van der Waals surface area contributed by atoms with Gasteiger partial charge in [0.15, 0.2) is 5.75 Å². The van der Waals surface area contributed by atoms with Gasteiger partial charge in [-0.1, -0.05) is 0 Å². The molecule has 0 amide bonds. The molecule has 8 heteroatoms. The second-order valence-corrected chi connectivity index (χ2v) is 5.95. The Labute approximate surface area is 142 Å². The predicted octanol–water partition coefficient (Wildman–Crippen LogP) is 3.58. The summed E-state index contributed by atoms with van der Waals surface area (Å²) in [5.74, 6) is -2.17. The second kappa shape index (κ2) is 6.62. The van der Waals surface area contributed by atoms with Gasteiger partial charge in [0.05, 0.1) is 5.71 Å². The van der Waals surface area contributed by atoms with Crippen molar-refractivity contribution in [2.75, 3.05) is 23.7 Å². The minimum atomic E-state index is -2.64. The van der Waals surface area contributed by atoms with Crippen molar-refractivity contribution in [2.45, 2.75) is 18.8 Å². The highest BCUT2D eigenvalue weighted by Crippen LogP contribution is 2.30. The zero-order valence-electron chi connectivity index (χ0n) is 13.3. The van der Waals surface area contributed by atoms with E-state index in [1.54, 1.807) is 17.0 Å². The fourth-order valence-corrected chi connectivity index (χ4v) is 2.77. The van der Waals surface area contributed by atoms with Gasteiger partial charge in [-0.15, -0.1) is 0 Å². The summed E-state index contributed by atoms with van der Waals surface area (Å²) >= 11 is 0. The number of alkyl halides is 2. The fourth-order valence-electron chi connectivity index (χ4n) is 2.77. The summed E-state index contributed by atoms with van der Waals surface area (Å²) in [7, 11) is 0. The molecule has 1 saturated heterocycles. The summed E-state index contributed by atoms with van der Waals surface area (Å²) < 4.78 is 39.0. The summed E-state index contributed by atoms with van der Waals surface area (Å²) in [6.45, 7) is 0.397. The van der Waals surface area contributed by atoms with Crippen LogP contribution >= 0.6 is 0 Å². The van der Waals surface area contributed by atoms with Crippen LogP contribution in [0.25, 0.3) is 0 Å². The van der Waals surface area contributed by atoms with Crippen LogP contribution in [0.1, 0.15) is 24.0 Å². The Balaban J connectivity index is 1.85. The number of nitrogens with one attached hydrogen (secondary N) is 1. The first-order valence-electron chi connectivity index (χ1n) is 7.76. The average molecular weight is 350 g/mol. The van der Waals surface area contributed by atoms with Crippen molar-refractivity contribution < 1.29 is 18.2 Å². The van der Waals surface area contributed by atoms with Crippen molar-refractivity contribution in [2.24, 2.45) is 0 Å². The largest absolute Gasteiger partial charge is 0.398 e. The Morgan fingerprint density at radius 1 is 1.20 bits per heavy atom. The number of aromatic nitrogens is 1. The molecule has 25 heavy (non-hydrogen) atoms. The lowest BCUT2D eigenvalue weighted by Crippen LogP contribution is -2.39. The van der Waals surface area contributed by atoms with Crippen LogP contribution in [0.3, 0.4) is 0 Å². The molecule has 0 atom stereocenters. The lowest BCUT2D eigenvalue weighted by molar-refractivity contribution is -0.0221. The van der Waals surface area contributed by atoms with Gasteiger partial charge in [0, 0.05) is 53.5 Å². The Kier molecular flexibility index (Phi) is 4.52. The molecule has 132 valence electrons. The molecule has 0 aliphatic carbocycles. The monoisotopic (exact) mass is 350 g/mol. The molecule has 1 aliphatic rings. The minimum absolute atomic E-state index is 0.0542. The SMILES string of the molecule is N=C(c1ccnc(N2CCC(F)(F)CC2)c1)c1cc(OF)ccc1N. The number of benzene rings is 1. The Bertz CT molecular complexity index is 787. The maximum atomic E-state index is 13.3. The topological polar surface area (TPSA) is 75.2 Å². The van der Waals surface area contributed by atoms with Crippen LogP contribution in [-0.4, -0.2) is 29.7 Å². The van der Waals surface area contributed by atoms with E-state index in [1.165, 1.54) is 24.4 Å². The standard InChI is InChI=1S/C17H17F3N4O/c18-17(19)4-7-24(8-5-17)15-9-11(3-6-23-15)16(22)13-10-12(25-20)1-2-14(13)21/h1-3,6,9-10,22H,4-5,7-8,21H2. The first kappa shape index (κ1) is 17.1. The number of hydrogen-bond acceptors (Lipinski definition) is 5. The molecule has 2 heterocycles. The van der Waals surface area contributed by atoms with E-state index in [4.69, 9.17) is 11.1 Å². The third kappa shape index (κ3) is 3.67. The summed E-state index contributed by atoms with van der Waals surface area (Å²) in [4.78, 5) is 9.66. The summed E-state index contributed by atoms with van der Waals surface area (Å²) in [6.07, 6.45) is 1.07. The van der Waals surface area contributed by atoms with Gasteiger partial charge < -0.3 is 10.6 Å². The number of nitrogens with two attached hydrogens (primary N) is 1. The molecule has 0 spiro atoms. The van der Waals surface area contributed by atoms with Crippen molar-refractivity contribution in [3.05, 3.63) is 47.7 Å². The lowest BCUT2D eigenvalue weighted by atomic mass is 10.0. The van der Waals surface area contributed by atoms with Crippen LogP contribution in [0.15, 0.2) is 36.5 Å². The van der Waals surface area contributed by atoms with Gasteiger partial charge in [0.2, 0.25) is 0 Å². The van der Waals surface area contributed by atoms with Gasteiger partial charge in [-0.3, -0.25) is 10.4 Å². The molecule has 3 N–H and O–H groups in total. The highest BCUT2D eigenvalue weighted by atomic mass is 19.3. The average Bonchev–Trinajstić information content (AvgIpc) is 2.61. The highest BCUT2D eigenvalue weighted by Gasteiger charge is 2.34. The van der Waals surface area contributed by atoms with Gasteiger partial charge in [0.1, 0.15) is 5.82 Å². The number of nitrogen functional groups attached to an aromatic ring is 1. The Hall–Kier alpha value is -2.77. The number of nitrogens with zero attached hydrogens (tertiary/aromatic N) is 2. The van der Waals surface area contributed by atoms with Gasteiger partial charge in [0.25, 0.3) is 5.92 Å². The number of halogens is 3. The van der Waals surface area contributed by atoms with Crippen molar-refractivity contribution in [1.82, 2.24) is 4.98 Å². The molecule has 0 bridgehead atoms. The van der Waals surface area contributed by atoms with Crippen LogP contribution in [0.4, 0.5) is 24.8 Å². The van der Waals surface area contributed by atoms with Crippen molar-refractivity contribution in [3.63, 3.8) is 0 Å². The van der Waals surface area contributed by atoms with E-state index in [0.29, 0.717) is 22.6 Å². The molecule has 0 saturated carbocycles. The third-order valence-electron chi connectivity index (χ3n) is 4.24. The number of pyridine rings is 1. The Morgan fingerprint density at radius 2 is 1.92 bits per heavy atom. The highest BCUT2D eigenvalue weighted by molar-refractivity contribution is 6.14. The van der Waals surface area contributed by atoms with Crippen LogP contribution in [-0.2, 0) is 0 Å². The summed E-state index contributed by atoms with van der Waals surface area (Å²) in [5, 5.41) is 8.33. The molecule has 1 aromatic carbocycles. The van der Waals surface area contributed by atoms with Gasteiger partial charge in [-0.05, 0) is 30.3 Å². The zero-order valence-corrected chi connectivity index (χ0v) is 13.3. The van der Waals surface area contributed by atoms with Crippen molar-refractivity contribution in [1.29, 1.82) is 5.41 Å². The quantitative estimate of drug-likeness (QED) is 0.653. The fraction of sp³-hybridized carbons (Fsp3) is 0.294. The number of piperidine rings is 1. The molecule has 2 aromatic rings. The number of hydrogen-bond donors (Lipinski definition) is 2. The maximum Gasteiger partial charge on any atom is 0.251 e. The van der Waals surface area contributed by atoms with Crippen LogP contribution in [0.5, 0.6) is 5.75 Å². The predicted molar refractivity (Wildman–Crippen MR) is 89.2 cm³/mol. The van der Waals surface area contributed by atoms with Gasteiger partial charge in [-0.25, -0.2) is 13.8 Å². The number of rotatable bonds is 4. The molecular formula is C17H17F3N4O. The van der Waals surface area contributed by atoms with E-state index in [-0.39, 0.29) is 37.4 Å². The molecule has 5 nitrogen and oxygen atoms in total. The second-order valence-electron chi connectivity index (χ2n) is 5.95. The van der Waals surface area contributed by atoms with E-state index in [1.807, 2.05) is 0 Å². The normalized spacial score (nSPS) is 16.5. The van der Waals surface area contributed by atoms with Gasteiger partial charge in [-0.2, -0.15) is 0 Å². The molecule has 1 aliphatic heterocycles.